The van der Waals surface area contributed by atoms with Gasteiger partial charge in [-0.3, -0.25) is 0 Å². The molecule has 226 valence electrons. The topological polar surface area (TPSA) is 0 Å². The van der Waals surface area contributed by atoms with Crippen LogP contribution < -0.4 is 15.6 Å². The number of benzene rings is 4. The van der Waals surface area contributed by atoms with Gasteiger partial charge in [0, 0.05) is 21.7 Å². The van der Waals surface area contributed by atoms with E-state index in [9.17, 15) is 0 Å². The summed E-state index contributed by atoms with van der Waals surface area (Å²) >= 11 is 0. The van der Waals surface area contributed by atoms with E-state index in [1.807, 2.05) is 0 Å². The summed E-state index contributed by atoms with van der Waals surface area (Å²) in [5.74, 6) is 1.40. The Bertz CT molecular complexity index is 1400. The van der Waals surface area contributed by atoms with Crippen LogP contribution in [-0.4, -0.2) is 8.07 Å². The van der Waals surface area contributed by atoms with Crippen molar-refractivity contribution in [2.75, 3.05) is 0 Å². The van der Waals surface area contributed by atoms with Crippen LogP contribution in [0, 0.1) is 6.08 Å². The Kier molecular flexibility index (Phi) is 15.5. The maximum absolute atomic E-state index is 3.81. The van der Waals surface area contributed by atoms with E-state index in [4.69, 9.17) is 0 Å². The van der Waals surface area contributed by atoms with Gasteiger partial charge in [-0.05, 0) is 34.4 Å². The van der Waals surface area contributed by atoms with Gasteiger partial charge in [-0.2, -0.15) is 11.6 Å². The first kappa shape index (κ1) is 39.2. The van der Waals surface area contributed by atoms with E-state index < -0.39 is 8.07 Å². The molecule has 0 heterocycles. The molecule has 0 aliphatic heterocycles. The fourth-order valence-corrected chi connectivity index (χ4v) is 11.2. The fourth-order valence-electron chi connectivity index (χ4n) is 6.02. The molecule has 0 bridgehead atoms. The van der Waals surface area contributed by atoms with Gasteiger partial charge in [0.2, 0.25) is 0 Å². The molecule has 0 atom stereocenters. The number of halogens is 3. The Morgan fingerprint density at radius 1 is 0.535 bits per heavy atom. The van der Waals surface area contributed by atoms with Crippen molar-refractivity contribution in [3.05, 3.63) is 143 Å². The second-order valence-electron chi connectivity index (χ2n) is 11.8. The van der Waals surface area contributed by atoms with Crippen LogP contribution in [-0.2, 0) is 21.7 Å². The maximum atomic E-state index is 3.81. The van der Waals surface area contributed by atoms with Gasteiger partial charge >= 0.3 is 0 Å². The van der Waals surface area contributed by atoms with Gasteiger partial charge in [0.25, 0.3) is 0 Å². The summed E-state index contributed by atoms with van der Waals surface area (Å²) in [6, 6.07) is 39.4. The van der Waals surface area contributed by atoms with Gasteiger partial charge in [-0.1, -0.05) is 155 Å². The molecule has 0 aromatic heterocycles. The molecule has 43 heavy (non-hydrogen) atoms. The Balaban J connectivity index is 0.00000231. The Hall–Kier alpha value is -1.84. The molecule has 0 amide bonds. The molecule has 0 fully saturated rings. The fraction of sp³-hybridized carbons (Fsp3) is 0.263. The Labute approximate surface area is 294 Å². The van der Waals surface area contributed by atoms with Crippen molar-refractivity contribution in [1.82, 2.24) is 0 Å². The number of rotatable bonds is 8. The van der Waals surface area contributed by atoms with E-state index in [1.54, 1.807) is 0 Å². The van der Waals surface area contributed by atoms with Crippen LogP contribution in [0.3, 0.4) is 0 Å². The van der Waals surface area contributed by atoms with E-state index in [0.29, 0.717) is 17.8 Å². The van der Waals surface area contributed by atoms with Crippen molar-refractivity contribution in [2.45, 2.75) is 65.7 Å². The zero-order valence-electron chi connectivity index (χ0n) is 26.1. The average Bonchev–Trinajstić information content (AvgIpc) is 3.45. The molecule has 1 aliphatic carbocycles. The summed E-state index contributed by atoms with van der Waals surface area (Å²) in [5, 5.41) is 5.84. The molecule has 0 N–H and O–H groups in total. The largest absolute Gasteiger partial charge is 0.197 e. The van der Waals surface area contributed by atoms with Crippen LogP contribution in [0.2, 0.25) is 0 Å². The van der Waals surface area contributed by atoms with Crippen LogP contribution in [0.1, 0.15) is 88.0 Å². The molecular weight excluding hydrogens is 639 g/mol. The predicted molar refractivity (Wildman–Crippen MR) is 194 cm³/mol. The van der Waals surface area contributed by atoms with Crippen LogP contribution in [0.25, 0.3) is 5.57 Å². The van der Waals surface area contributed by atoms with Gasteiger partial charge < -0.3 is 0 Å². The van der Waals surface area contributed by atoms with E-state index >= 15 is 0 Å². The first-order valence-electron chi connectivity index (χ1n) is 14.5. The molecule has 0 saturated carbocycles. The summed E-state index contributed by atoms with van der Waals surface area (Å²) in [6.45, 7) is 13.8. The third kappa shape index (κ3) is 7.88. The quantitative estimate of drug-likeness (QED) is 0.0987. The molecule has 4 aromatic carbocycles. The zero-order valence-corrected chi connectivity index (χ0v) is 31.1. The summed E-state index contributed by atoms with van der Waals surface area (Å²) in [4.78, 5) is 0. The van der Waals surface area contributed by atoms with Crippen molar-refractivity contribution in [3.8, 4) is 0 Å². The molecule has 0 radical (unpaired) electrons. The summed E-state index contributed by atoms with van der Waals surface area (Å²) in [5.41, 5.74) is 6.74. The number of allylic oxidation sites excluding steroid dienone is 4. The molecular formula is C38H44Cl3SiTi-. The summed E-state index contributed by atoms with van der Waals surface area (Å²) in [6.07, 6.45) is 7.15. The van der Waals surface area contributed by atoms with E-state index in [-0.39, 0.29) is 58.9 Å². The molecule has 0 unspecified atom stereocenters. The number of hydrogen-bond donors (Lipinski definition) is 0. The minimum Gasteiger partial charge on any atom is -0.197 e. The average molecular weight is 683 g/mol. The van der Waals surface area contributed by atoms with E-state index in [0.717, 1.165) is 6.42 Å². The third-order valence-corrected chi connectivity index (χ3v) is 13.1. The van der Waals surface area contributed by atoms with Crippen LogP contribution in [0.4, 0.5) is 0 Å². The van der Waals surface area contributed by atoms with Crippen LogP contribution in [0.15, 0.2) is 114 Å². The Morgan fingerprint density at radius 3 is 1.30 bits per heavy atom. The van der Waals surface area contributed by atoms with Crippen molar-refractivity contribution < 1.29 is 21.7 Å². The van der Waals surface area contributed by atoms with Gasteiger partial charge in [-0.15, -0.1) is 66.2 Å². The molecule has 0 spiro atoms. The maximum Gasteiger partial charge on any atom is 0.123 e. The smallest absolute Gasteiger partial charge is 0.123 e. The summed E-state index contributed by atoms with van der Waals surface area (Å²) in [7, 11) is -2.71. The second kappa shape index (κ2) is 17.0. The minimum atomic E-state index is -2.71. The SMILES string of the molecule is CC(C)c1cccc([Si](C2=CC[C-]=C2c2ccccc2)(c2cccc(C(C)C)c2)c2cccc(C(C)C)c2)c1.Cl.Cl.Cl.[Ti]. The van der Waals surface area contributed by atoms with Gasteiger partial charge in [0.1, 0.15) is 8.07 Å². The van der Waals surface area contributed by atoms with Crippen molar-refractivity contribution >= 4 is 66.4 Å². The minimum absolute atomic E-state index is 0. The van der Waals surface area contributed by atoms with Crippen LogP contribution in [0.5, 0.6) is 0 Å². The molecule has 0 saturated heterocycles. The molecule has 5 heteroatoms. The van der Waals surface area contributed by atoms with Crippen molar-refractivity contribution in [1.29, 1.82) is 0 Å². The number of hydrogen-bond acceptors (Lipinski definition) is 0. The first-order valence-corrected chi connectivity index (χ1v) is 16.5. The molecule has 0 nitrogen and oxygen atoms in total. The molecule has 5 rings (SSSR count). The van der Waals surface area contributed by atoms with Crippen molar-refractivity contribution in [3.63, 3.8) is 0 Å². The monoisotopic (exact) mass is 681 g/mol. The normalized spacial score (nSPS) is 12.5. The van der Waals surface area contributed by atoms with Gasteiger partial charge in [0.15, 0.2) is 0 Å². The van der Waals surface area contributed by atoms with Gasteiger partial charge in [-0.25, -0.2) is 0 Å². The van der Waals surface area contributed by atoms with E-state index in [2.05, 4.69) is 157 Å². The second-order valence-corrected chi connectivity index (χ2v) is 15.6. The molecule has 4 aromatic rings. The third-order valence-electron chi connectivity index (χ3n) is 8.28. The summed E-state index contributed by atoms with van der Waals surface area (Å²) < 4.78 is 0. The van der Waals surface area contributed by atoms with Crippen molar-refractivity contribution in [2.24, 2.45) is 0 Å². The standard InChI is InChI=1S/C38H41Si.3ClH.Ti/c1-27(2)31-16-10-19-34(24-31)39(35-20-11-17-32(25-35)28(3)4,36-21-12-18-33(26-36)29(5)6)38-23-13-22-37(38)30-14-8-7-9-15-30;;;;/h7-12,14-21,23-29H,13H2,1-6H3;3*1H;/q-1;;;;. The van der Waals surface area contributed by atoms with Crippen LogP contribution >= 0.6 is 37.2 Å². The first-order chi connectivity index (χ1) is 18.8. The zero-order chi connectivity index (χ0) is 27.6. The molecule has 1 aliphatic rings. The van der Waals surface area contributed by atoms with E-state index in [1.165, 1.54) is 48.6 Å². The van der Waals surface area contributed by atoms with Gasteiger partial charge in [0.05, 0.1) is 0 Å². The predicted octanol–water partition coefficient (Wildman–Crippen LogP) is 9.55. The Morgan fingerprint density at radius 2 is 0.930 bits per heavy atom.